The monoisotopic (exact) mass is 440 g/mol. The number of aromatic nitrogens is 3. The molecular weight excluding hydrogens is 408 g/mol. The number of fused-ring (bicyclic) bond motifs is 1. The molecule has 4 rings (SSSR count). The van der Waals surface area contributed by atoms with Crippen LogP contribution in [0.3, 0.4) is 0 Å². The van der Waals surface area contributed by atoms with Gasteiger partial charge in [0.1, 0.15) is 0 Å². The summed E-state index contributed by atoms with van der Waals surface area (Å²) in [6.07, 6.45) is 1.91. The number of hydrogen-bond donors (Lipinski definition) is 2. The molecule has 0 spiro atoms. The standard InChI is InChI=1S/C24H32N4O4/c1-15(2)24(25-14-16-5-6-20(30-3)21(11-16)31-4)19-13-23(29)28-22(26-19)12-18(27-28)17-7-9-32-10-8-17/h5-6,11-13,15,17,24-25,27H,7-10,14H2,1-4H3/t24-/m1/s1. The van der Waals surface area contributed by atoms with Gasteiger partial charge in [0.15, 0.2) is 17.1 Å². The lowest BCUT2D eigenvalue weighted by Gasteiger charge is -2.22. The Morgan fingerprint density at radius 3 is 2.59 bits per heavy atom. The van der Waals surface area contributed by atoms with Crippen molar-refractivity contribution in [2.75, 3.05) is 27.4 Å². The van der Waals surface area contributed by atoms with Crippen LogP contribution in [0.25, 0.3) is 5.65 Å². The molecule has 8 nitrogen and oxygen atoms in total. The highest BCUT2D eigenvalue weighted by Crippen LogP contribution is 2.29. The Labute approximate surface area is 187 Å². The van der Waals surface area contributed by atoms with E-state index < -0.39 is 0 Å². The van der Waals surface area contributed by atoms with Gasteiger partial charge >= 0.3 is 0 Å². The van der Waals surface area contributed by atoms with Gasteiger partial charge in [-0.05, 0) is 36.5 Å². The Hall–Kier alpha value is -2.84. The summed E-state index contributed by atoms with van der Waals surface area (Å²) < 4.78 is 17.7. The second kappa shape index (κ2) is 9.75. The molecule has 1 aliphatic rings. The maximum Gasteiger partial charge on any atom is 0.272 e. The molecule has 0 aliphatic carbocycles. The lowest BCUT2D eigenvalue weighted by atomic mass is 9.97. The quantitative estimate of drug-likeness (QED) is 0.558. The predicted molar refractivity (Wildman–Crippen MR) is 123 cm³/mol. The summed E-state index contributed by atoms with van der Waals surface area (Å²) in [6.45, 7) is 6.37. The molecule has 1 atom stereocenters. The summed E-state index contributed by atoms with van der Waals surface area (Å²) >= 11 is 0. The van der Waals surface area contributed by atoms with Gasteiger partial charge in [-0.3, -0.25) is 9.89 Å². The van der Waals surface area contributed by atoms with E-state index in [-0.39, 0.29) is 17.5 Å². The van der Waals surface area contributed by atoms with Crippen molar-refractivity contribution >= 4 is 5.65 Å². The van der Waals surface area contributed by atoms with Crippen molar-refractivity contribution < 1.29 is 14.2 Å². The first kappa shape index (κ1) is 22.4. The number of nitrogens with one attached hydrogen (secondary N) is 2. The van der Waals surface area contributed by atoms with Crippen LogP contribution in [0.15, 0.2) is 35.1 Å². The smallest absolute Gasteiger partial charge is 0.272 e. The van der Waals surface area contributed by atoms with Crippen LogP contribution in [0, 0.1) is 5.92 Å². The highest BCUT2D eigenvalue weighted by Gasteiger charge is 2.22. The highest BCUT2D eigenvalue weighted by molar-refractivity contribution is 5.43. The number of hydrogen-bond acceptors (Lipinski definition) is 6. The normalized spacial score (nSPS) is 15.9. The molecule has 3 heterocycles. The van der Waals surface area contributed by atoms with Crippen molar-refractivity contribution in [2.24, 2.45) is 5.92 Å². The molecule has 32 heavy (non-hydrogen) atoms. The number of ether oxygens (including phenoxy) is 3. The predicted octanol–water partition coefficient (Wildman–Crippen LogP) is 3.42. The zero-order valence-corrected chi connectivity index (χ0v) is 19.2. The molecular formula is C24H32N4O4. The van der Waals surface area contributed by atoms with Crippen molar-refractivity contribution in [2.45, 2.75) is 45.2 Å². The Morgan fingerprint density at radius 2 is 1.91 bits per heavy atom. The largest absolute Gasteiger partial charge is 0.493 e. The van der Waals surface area contributed by atoms with Gasteiger partial charge in [0.25, 0.3) is 5.56 Å². The minimum Gasteiger partial charge on any atom is -0.493 e. The van der Waals surface area contributed by atoms with Crippen molar-refractivity contribution in [1.29, 1.82) is 0 Å². The van der Waals surface area contributed by atoms with Gasteiger partial charge in [0, 0.05) is 43.5 Å². The summed E-state index contributed by atoms with van der Waals surface area (Å²) in [4.78, 5) is 17.7. The maximum absolute atomic E-state index is 12.9. The molecule has 2 aromatic heterocycles. The Balaban J connectivity index is 1.57. The minimum absolute atomic E-state index is 0.0674. The van der Waals surface area contributed by atoms with Crippen LogP contribution in [0.5, 0.6) is 11.5 Å². The van der Waals surface area contributed by atoms with E-state index in [1.807, 2.05) is 24.3 Å². The van der Waals surface area contributed by atoms with E-state index in [0.29, 0.717) is 29.6 Å². The average Bonchev–Trinajstić information content (AvgIpc) is 3.24. The molecule has 3 aromatic rings. The van der Waals surface area contributed by atoms with Crippen LogP contribution >= 0.6 is 0 Å². The van der Waals surface area contributed by atoms with Crippen LogP contribution < -0.4 is 20.3 Å². The van der Waals surface area contributed by atoms with Gasteiger partial charge in [-0.2, -0.15) is 0 Å². The molecule has 8 heteroatoms. The van der Waals surface area contributed by atoms with Gasteiger partial charge in [0.2, 0.25) is 0 Å². The summed E-state index contributed by atoms with van der Waals surface area (Å²) in [5.41, 5.74) is 3.43. The van der Waals surface area contributed by atoms with Crippen LogP contribution in [-0.4, -0.2) is 42.0 Å². The molecule has 172 valence electrons. The summed E-state index contributed by atoms with van der Waals surface area (Å²) in [7, 11) is 3.25. The van der Waals surface area contributed by atoms with Crippen molar-refractivity contribution in [1.82, 2.24) is 19.9 Å². The second-order valence-corrected chi connectivity index (χ2v) is 8.60. The molecule has 0 unspecified atom stereocenters. The van der Waals surface area contributed by atoms with E-state index in [1.165, 1.54) is 0 Å². The summed E-state index contributed by atoms with van der Waals surface area (Å²) in [6, 6.07) is 9.43. The van der Waals surface area contributed by atoms with Crippen LogP contribution in [0.4, 0.5) is 0 Å². The molecule has 0 saturated carbocycles. The molecule has 2 N–H and O–H groups in total. The fourth-order valence-corrected chi connectivity index (χ4v) is 4.31. The Bertz CT molecular complexity index is 1110. The van der Waals surface area contributed by atoms with Crippen molar-refractivity contribution in [3.05, 3.63) is 57.6 Å². The third-order valence-electron chi connectivity index (χ3n) is 6.11. The van der Waals surface area contributed by atoms with E-state index in [4.69, 9.17) is 19.2 Å². The number of rotatable bonds is 8. The molecule has 0 radical (unpaired) electrons. The lowest BCUT2D eigenvalue weighted by Crippen LogP contribution is -2.28. The lowest BCUT2D eigenvalue weighted by molar-refractivity contribution is 0.0844. The van der Waals surface area contributed by atoms with Gasteiger partial charge in [-0.25, -0.2) is 9.50 Å². The number of methoxy groups -OCH3 is 2. The summed E-state index contributed by atoms with van der Waals surface area (Å²) in [5.74, 6) is 2.01. The fraction of sp³-hybridized carbons (Fsp3) is 0.500. The van der Waals surface area contributed by atoms with Crippen LogP contribution in [0.1, 0.15) is 55.6 Å². The van der Waals surface area contributed by atoms with E-state index >= 15 is 0 Å². The van der Waals surface area contributed by atoms with E-state index in [1.54, 1.807) is 24.8 Å². The minimum atomic E-state index is -0.0955. The first-order chi connectivity index (χ1) is 15.5. The van der Waals surface area contributed by atoms with E-state index in [0.717, 1.165) is 43.0 Å². The zero-order valence-electron chi connectivity index (χ0n) is 19.2. The molecule has 1 aliphatic heterocycles. The Morgan fingerprint density at radius 1 is 1.16 bits per heavy atom. The average molecular weight is 441 g/mol. The van der Waals surface area contributed by atoms with Gasteiger partial charge in [-0.15, -0.1) is 0 Å². The first-order valence-corrected chi connectivity index (χ1v) is 11.1. The molecule has 1 saturated heterocycles. The second-order valence-electron chi connectivity index (χ2n) is 8.60. The Kier molecular flexibility index (Phi) is 6.81. The summed E-state index contributed by atoms with van der Waals surface area (Å²) in [5, 5.41) is 6.82. The van der Waals surface area contributed by atoms with Crippen LogP contribution in [0.2, 0.25) is 0 Å². The number of benzene rings is 1. The first-order valence-electron chi connectivity index (χ1n) is 11.1. The van der Waals surface area contributed by atoms with Crippen molar-refractivity contribution in [3.8, 4) is 11.5 Å². The van der Waals surface area contributed by atoms with Gasteiger partial charge in [0.05, 0.1) is 26.0 Å². The molecule has 1 aromatic carbocycles. The number of aromatic amines is 1. The number of H-pyrrole nitrogens is 1. The van der Waals surface area contributed by atoms with E-state index in [2.05, 4.69) is 24.3 Å². The van der Waals surface area contributed by atoms with Crippen molar-refractivity contribution in [3.63, 3.8) is 0 Å². The number of nitrogens with zero attached hydrogens (tertiary/aromatic N) is 2. The topological polar surface area (TPSA) is 89.9 Å². The van der Waals surface area contributed by atoms with Gasteiger partial charge in [-0.1, -0.05) is 19.9 Å². The molecule has 0 amide bonds. The van der Waals surface area contributed by atoms with Crippen LogP contribution in [-0.2, 0) is 11.3 Å². The third-order valence-corrected chi connectivity index (χ3v) is 6.11. The SMILES string of the molecule is COc1ccc(CN[C@@H](c2cc(=O)n3[nH]c(C4CCOCC4)cc3n2)C(C)C)cc1OC. The fourth-order valence-electron chi connectivity index (χ4n) is 4.31. The van der Waals surface area contributed by atoms with Gasteiger partial charge < -0.3 is 19.5 Å². The molecule has 1 fully saturated rings. The highest BCUT2D eigenvalue weighted by atomic mass is 16.5. The van der Waals surface area contributed by atoms with E-state index in [9.17, 15) is 4.79 Å². The zero-order chi connectivity index (χ0) is 22.7. The molecule has 0 bridgehead atoms. The maximum atomic E-state index is 12.9. The third kappa shape index (κ3) is 4.66.